The molecule has 0 saturated heterocycles. The summed E-state index contributed by atoms with van der Waals surface area (Å²) in [6.45, 7) is 9.69. The molecule has 0 saturated carbocycles. The van der Waals surface area contributed by atoms with E-state index in [-0.39, 0.29) is 11.8 Å². The minimum Gasteiger partial charge on any atom is -0.491 e. The predicted molar refractivity (Wildman–Crippen MR) is 87.9 cm³/mol. The van der Waals surface area contributed by atoms with Crippen LogP contribution in [-0.4, -0.2) is 24.5 Å². The minimum absolute atomic E-state index is 0.161. The van der Waals surface area contributed by atoms with Crippen molar-refractivity contribution < 1.29 is 14.3 Å². The summed E-state index contributed by atoms with van der Waals surface area (Å²) in [5.74, 6) is 0.197. The van der Waals surface area contributed by atoms with Crippen molar-refractivity contribution >= 4 is 17.5 Å². The topological polar surface area (TPSA) is 67.4 Å². The number of ether oxygens (including phenoxy) is 1. The van der Waals surface area contributed by atoms with Gasteiger partial charge in [-0.1, -0.05) is 39.8 Å². The second kappa shape index (κ2) is 7.82. The number of benzene rings is 1. The first-order chi connectivity index (χ1) is 10.3. The molecule has 122 valence electrons. The zero-order chi connectivity index (χ0) is 16.8. The molecule has 0 bridgehead atoms. The van der Waals surface area contributed by atoms with Crippen LogP contribution in [0.15, 0.2) is 24.3 Å². The Labute approximate surface area is 132 Å². The average molecular weight is 306 g/mol. The second-order valence-corrected chi connectivity index (χ2v) is 6.28. The molecule has 0 aliphatic rings. The molecule has 1 aromatic carbocycles. The van der Waals surface area contributed by atoms with Crippen molar-refractivity contribution in [1.82, 2.24) is 5.32 Å². The predicted octanol–water partition coefficient (Wildman–Crippen LogP) is 2.96. The molecular formula is C17H26N2O3. The fourth-order valence-electron chi connectivity index (χ4n) is 1.63. The standard InChI is InChI=1S/C17H26N2O3/c1-6-11-22-14-10-8-7-9-13(14)19-15(20)12(2)18-16(21)17(3,4)5/h7-10,12H,6,11H2,1-5H3,(H,18,21)(H,19,20). The van der Waals surface area contributed by atoms with E-state index < -0.39 is 11.5 Å². The van der Waals surface area contributed by atoms with E-state index in [1.165, 1.54) is 0 Å². The van der Waals surface area contributed by atoms with Crippen LogP contribution >= 0.6 is 0 Å². The van der Waals surface area contributed by atoms with Crippen molar-refractivity contribution in [2.75, 3.05) is 11.9 Å². The third kappa shape index (κ3) is 5.39. The summed E-state index contributed by atoms with van der Waals surface area (Å²) in [4.78, 5) is 24.1. The maximum atomic E-state index is 12.2. The number of nitrogens with one attached hydrogen (secondary N) is 2. The van der Waals surface area contributed by atoms with E-state index in [1.807, 2.05) is 25.1 Å². The van der Waals surface area contributed by atoms with Crippen molar-refractivity contribution in [2.45, 2.75) is 47.1 Å². The van der Waals surface area contributed by atoms with Crippen LogP contribution < -0.4 is 15.4 Å². The van der Waals surface area contributed by atoms with E-state index in [0.717, 1.165) is 6.42 Å². The maximum Gasteiger partial charge on any atom is 0.246 e. The van der Waals surface area contributed by atoms with Gasteiger partial charge in [0.05, 0.1) is 12.3 Å². The molecule has 0 aromatic heterocycles. The summed E-state index contributed by atoms with van der Waals surface area (Å²) in [6, 6.07) is 6.65. The molecular weight excluding hydrogens is 280 g/mol. The number of amides is 2. The largest absolute Gasteiger partial charge is 0.491 e. The molecule has 0 spiro atoms. The Kier molecular flexibility index (Phi) is 6.40. The van der Waals surface area contributed by atoms with E-state index in [2.05, 4.69) is 10.6 Å². The summed E-state index contributed by atoms with van der Waals surface area (Å²) in [7, 11) is 0. The van der Waals surface area contributed by atoms with Crippen LogP contribution in [0.1, 0.15) is 41.0 Å². The highest BCUT2D eigenvalue weighted by Crippen LogP contribution is 2.24. The lowest BCUT2D eigenvalue weighted by atomic mass is 9.95. The molecule has 5 nitrogen and oxygen atoms in total. The fourth-order valence-corrected chi connectivity index (χ4v) is 1.63. The molecule has 22 heavy (non-hydrogen) atoms. The molecule has 1 unspecified atom stereocenters. The summed E-state index contributed by atoms with van der Waals surface area (Å²) in [5.41, 5.74) is 0.0780. The van der Waals surface area contributed by atoms with Crippen LogP contribution in [0, 0.1) is 5.41 Å². The Bertz CT molecular complexity index is 521. The second-order valence-electron chi connectivity index (χ2n) is 6.28. The zero-order valence-electron chi connectivity index (χ0n) is 14.0. The Hall–Kier alpha value is -2.04. The van der Waals surface area contributed by atoms with Gasteiger partial charge in [-0.2, -0.15) is 0 Å². The number of hydrogen-bond acceptors (Lipinski definition) is 3. The van der Waals surface area contributed by atoms with Gasteiger partial charge in [0.15, 0.2) is 0 Å². The molecule has 2 N–H and O–H groups in total. The quantitative estimate of drug-likeness (QED) is 0.849. The first-order valence-corrected chi connectivity index (χ1v) is 7.59. The van der Waals surface area contributed by atoms with Crippen LogP contribution in [0.2, 0.25) is 0 Å². The van der Waals surface area contributed by atoms with Gasteiger partial charge >= 0.3 is 0 Å². The lowest BCUT2D eigenvalue weighted by molar-refractivity contribution is -0.131. The molecule has 1 aromatic rings. The third-order valence-electron chi connectivity index (χ3n) is 3.03. The van der Waals surface area contributed by atoms with Crippen molar-refractivity contribution in [3.63, 3.8) is 0 Å². The van der Waals surface area contributed by atoms with Crippen molar-refractivity contribution in [2.24, 2.45) is 5.41 Å². The number of hydrogen-bond donors (Lipinski definition) is 2. The Morgan fingerprint density at radius 1 is 1.23 bits per heavy atom. The van der Waals surface area contributed by atoms with Crippen LogP contribution in [0.5, 0.6) is 5.75 Å². The smallest absolute Gasteiger partial charge is 0.246 e. The third-order valence-corrected chi connectivity index (χ3v) is 3.03. The highest BCUT2D eigenvalue weighted by atomic mass is 16.5. The van der Waals surface area contributed by atoms with Gasteiger partial charge < -0.3 is 15.4 Å². The van der Waals surface area contributed by atoms with Crippen molar-refractivity contribution in [1.29, 1.82) is 0 Å². The molecule has 1 atom stereocenters. The van der Waals surface area contributed by atoms with E-state index in [1.54, 1.807) is 33.8 Å². The Morgan fingerprint density at radius 3 is 2.45 bits per heavy atom. The Morgan fingerprint density at radius 2 is 1.86 bits per heavy atom. The fraction of sp³-hybridized carbons (Fsp3) is 0.529. The molecule has 0 fully saturated rings. The molecule has 0 radical (unpaired) electrons. The number of anilines is 1. The van der Waals surface area contributed by atoms with Crippen molar-refractivity contribution in [3.8, 4) is 5.75 Å². The van der Waals surface area contributed by atoms with E-state index >= 15 is 0 Å². The molecule has 2 amide bonds. The lowest BCUT2D eigenvalue weighted by Crippen LogP contribution is -2.46. The van der Waals surface area contributed by atoms with Crippen LogP contribution in [-0.2, 0) is 9.59 Å². The van der Waals surface area contributed by atoms with Gasteiger partial charge in [-0.3, -0.25) is 9.59 Å². The number of para-hydroxylation sites is 2. The van der Waals surface area contributed by atoms with Gasteiger partial charge in [0.2, 0.25) is 11.8 Å². The van der Waals surface area contributed by atoms with Crippen LogP contribution in [0.25, 0.3) is 0 Å². The van der Waals surface area contributed by atoms with E-state index in [4.69, 9.17) is 4.74 Å². The maximum absolute atomic E-state index is 12.2. The van der Waals surface area contributed by atoms with Crippen LogP contribution in [0.4, 0.5) is 5.69 Å². The lowest BCUT2D eigenvalue weighted by Gasteiger charge is -2.21. The SMILES string of the molecule is CCCOc1ccccc1NC(=O)C(C)NC(=O)C(C)(C)C. The van der Waals surface area contributed by atoms with Gasteiger partial charge in [0.1, 0.15) is 11.8 Å². The first kappa shape index (κ1) is 18.0. The summed E-state index contributed by atoms with van der Waals surface area (Å²) in [6.07, 6.45) is 0.889. The number of carbonyl (C=O) groups excluding carboxylic acids is 2. The zero-order valence-corrected chi connectivity index (χ0v) is 14.0. The summed E-state index contributed by atoms with van der Waals surface area (Å²) < 4.78 is 5.60. The summed E-state index contributed by atoms with van der Waals surface area (Å²) >= 11 is 0. The molecule has 5 heteroatoms. The Balaban J connectivity index is 2.70. The summed E-state index contributed by atoms with van der Waals surface area (Å²) in [5, 5.41) is 5.51. The molecule has 1 rings (SSSR count). The van der Waals surface area contributed by atoms with Crippen molar-refractivity contribution in [3.05, 3.63) is 24.3 Å². The van der Waals surface area contributed by atoms with Gasteiger partial charge in [0, 0.05) is 5.41 Å². The van der Waals surface area contributed by atoms with E-state index in [0.29, 0.717) is 18.0 Å². The average Bonchev–Trinajstić information content (AvgIpc) is 2.45. The molecule has 0 aliphatic heterocycles. The van der Waals surface area contributed by atoms with Gasteiger partial charge in [-0.05, 0) is 25.5 Å². The number of carbonyl (C=O) groups is 2. The highest BCUT2D eigenvalue weighted by Gasteiger charge is 2.25. The minimum atomic E-state index is -0.619. The monoisotopic (exact) mass is 306 g/mol. The van der Waals surface area contributed by atoms with Crippen LogP contribution in [0.3, 0.4) is 0 Å². The first-order valence-electron chi connectivity index (χ1n) is 7.59. The van der Waals surface area contributed by atoms with Gasteiger partial charge in [-0.25, -0.2) is 0 Å². The van der Waals surface area contributed by atoms with E-state index in [9.17, 15) is 9.59 Å². The molecule has 0 aliphatic carbocycles. The molecule has 0 heterocycles. The number of rotatable bonds is 6. The highest BCUT2D eigenvalue weighted by molar-refractivity contribution is 5.98. The van der Waals surface area contributed by atoms with Gasteiger partial charge in [0.25, 0.3) is 0 Å². The van der Waals surface area contributed by atoms with Gasteiger partial charge in [-0.15, -0.1) is 0 Å². The normalized spacial score (nSPS) is 12.4.